The predicted molar refractivity (Wildman–Crippen MR) is 128 cm³/mol. The summed E-state index contributed by atoms with van der Waals surface area (Å²) in [5.74, 6) is 6.37. The number of nitrogens with zero attached hydrogens (tertiary/aromatic N) is 4. The number of aliphatic hydroxyl groups is 1. The van der Waals surface area contributed by atoms with Gasteiger partial charge in [0.25, 0.3) is 5.91 Å². The molecule has 0 spiro atoms. The van der Waals surface area contributed by atoms with Crippen LogP contribution in [-0.2, 0) is 6.54 Å². The molecule has 3 heterocycles. The van der Waals surface area contributed by atoms with Crippen molar-refractivity contribution in [3.05, 3.63) is 53.5 Å². The molecule has 0 unspecified atom stereocenters. The third-order valence-corrected chi connectivity index (χ3v) is 5.82. The van der Waals surface area contributed by atoms with Gasteiger partial charge in [0.15, 0.2) is 0 Å². The van der Waals surface area contributed by atoms with Gasteiger partial charge < -0.3 is 14.7 Å². The van der Waals surface area contributed by atoms with Crippen LogP contribution in [-0.4, -0.2) is 69.7 Å². The van der Waals surface area contributed by atoms with E-state index >= 15 is 0 Å². The number of unbranched alkanes of at least 4 members (excludes halogenated alkanes) is 1. The molecule has 1 N–H and O–H groups in total. The minimum absolute atomic E-state index is 0.0433. The maximum Gasteiger partial charge on any atom is 0.259 e. The molecule has 3 atom stereocenters. The fourth-order valence-corrected chi connectivity index (χ4v) is 3.85. The lowest BCUT2D eigenvalue weighted by Crippen LogP contribution is -2.49. The van der Waals surface area contributed by atoms with Gasteiger partial charge in [-0.3, -0.25) is 14.7 Å². The van der Waals surface area contributed by atoms with Crippen LogP contribution >= 0.6 is 0 Å². The SMILES string of the molecule is CCCC#Cc1cnc2c(c1)C(=O)N([C@H](C)CO)C[C@@H](C)[C@@H](CN(C)Cc1ccncc1)O2. The number of aliphatic hydroxyl groups excluding tert-OH is 1. The molecule has 1 aliphatic heterocycles. The highest BCUT2D eigenvalue weighted by atomic mass is 16.5. The van der Waals surface area contributed by atoms with Crippen molar-refractivity contribution >= 4 is 5.91 Å². The Morgan fingerprint density at radius 1 is 1.36 bits per heavy atom. The molecule has 1 amide bonds. The van der Waals surface area contributed by atoms with E-state index in [1.165, 1.54) is 5.56 Å². The molecule has 1 aliphatic rings. The van der Waals surface area contributed by atoms with E-state index in [1.807, 2.05) is 19.1 Å². The van der Waals surface area contributed by atoms with E-state index in [4.69, 9.17) is 4.74 Å². The van der Waals surface area contributed by atoms with Crippen LogP contribution < -0.4 is 4.74 Å². The van der Waals surface area contributed by atoms with Crippen molar-refractivity contribution in [1.29, 1.82) is 0 Å². The van der Waals surface area contributed by atoms with Gasteiger partial charge >= 0.3 is 0 Å². The number of ether oxygens (including phenoxy) is 1. The number of likely N-dealkylation sites (N-methyl/N-ethyl adjacent to an activating group) is 1. The lowest BCUT2D eigenvalue weighted by Gasteiger charge is -2.37. The van der Waals surface area contributed by atoms with Gasteiger partial charge in [0.1, 0.15) is 11.7 Å². The Kier molecular flexibility index (Phi) is 8.81. The van der Waals surface area contributed by atoms with E-state index in [0.717, 1.165) is 19.4 Å². The lowest BCUT2D eigenvalue weighted by atomic mass is 9.99. The smallest absolute Gasteiger partial charge is 0.259 e. The Labute approximate surface area is 196 Å². The molecular weight excluding hydrogens is 416 g/mol. The van der Waals surface area contributed by atoms with Crippen molar-refractivity contribution in [2.24, 2.45) is 5.92 Å². The zero-order valence-corrected chi connectivity index (χ0v) is 20.0. The fourth-order valence-electron chi connectivity index (χ4n) is 3.85. The average Bonchev–Trinajstić information content (AvgIpc) is 2.82. The highest BCUT2D eigenvalue weighted by Gasteiger charge is 2.34. The normalized spacial score (nSPS) is 19.1. The average molecular weight is 451 g/mol. The Balaban J connectivity index is 1.89. The number of rotatable bonds is 7. The highest BCUT2D eigenvalue weighted by molar-refractivity contribution is 5.97. The second-order valence-electron chi connectivity index (χ2n) is 8.80. The number of hydrogen-bond acceptors (Lipinski definition) is 6. The van der Waals surface area contributed by atoms with Gasteiger partial charge in [0.05, 0.1) is 12.6 Å². The zero-order chi connectivity index (χ0) is 23.8. The third kappa shape index (κ3) is 6.53. The van der Waals surface area contributed by atoms with Gasteiger partial charge in [-0.15, -0.1) is 0 Å². The molecule has 0 aliphatic carbocycles. The summed E-state index contributed by atoms with van der Waals surface area (Å²) in [6.45, 7) is 7.81. The first-order chi connectivity index (χ1) is 15.9. The van der Waals surface area contributed by atoms with Crippen LogP contribution in [0.25, 0.3) is 0 Å². The van der Waals surface area contributed by atoms with Gasteiger partial charge in [-0.25, -0.2) is 4.98 Å². The summed E-state index contributed by atoms with van der Waals surface area (Å²) in [4.78, 5) is 25.9. The monoisotopic (exact) mass is 450 g/mol. The van der Waals surface area contributed by atoms with Crippen LogP contribution in [0.4, 0.5) is 0 Å². The summed E-state index contributed by atoms with van der Waals surface area (Å²) < 4.78 is 6.35. The predicted octanol–water partition coefficient (Wildman–Crippen LogP) is 2.98. The van der Waals surface area contributed by atoms with Gasteiger partial charge in [-0.2, -0.15) is 0 Å². The molecule has 2 aromatic heterocycles. The summed E-state index contributed by atoms with van der Waals surface area (Å²) in [6, 6.07) is 5.45. The Morgan fingerprint density at radius 2 is 2.12 bits per heavy atom. The number of pyridine rings is 2. The summed E-state index contributed by atoms with van der Waals surface area (Å²) in [7, 11) is 2.05. The number of aromatic nitrogens is 2. The standard InChI is InChI=1S/C26H34N4O3/c1-5-6-7-8-22-13-23-25(28-14-22)33-24(17-29(4)16-21-9-11-27-12-10-21)19(2)15-30(26(23)32)20(3)18-31/h9-14,19-20,24,31H,5-6,15-18H2,1-4H3/t19-,20-,24-/m1/s1. The maximum absolute atomic E-state index is 13.4. The maximum atomic E-state index is 13.4. The number of amides is 1. The summed E-state index contributed by atoms with van der Waals surface area (Å²) in [6.07, 6.45) is 6.83. The molecule has 2 aromatic rings. The Hall–Kier alpha value is -2.95. The van der Waals surface area contributed by atoms with Crippen molar-refractivity contribution < 1.29 is 14.6 Å². The van der Waals surface area contributed by atoms with E-state index in [9.17, 15) is 9.90 Å². The second-order valence-corrected chi connectivity index (χ2v) is 8.80. The Morgan fingerprint density at radius 3 is 2.82 bits per heavy atom. The van der Waals surface area contributed by atoms with Crippen molar-refractivity contribution in [2.45, 2.75) is 52.3 Å². The zero-order valence-electron chi connectivity index (χ0n) is 20.0. The van der Waals surface area contributed by atoms with Crippen molar-refractivity contribution in [1.82, 2.24) is 19.8 Å². The lowest BCUT2D eigenvalue weighted by molar-refractivity contribution is 0.0325. The molecule has 33 heavy (non-hydrogen) atoms. The molecule has 0 bridgehead atoms. The first-order valence-corrected chi connectivity index (χ1v) is 11.6. The molecule has 0 saturated heterocycles. The molecule has 0 radical (unpaired) electrons. The summed E-state index contributed by atoms with van der Waals surface area (Å²) in [5, 5.41) is 9.80. The van der Waals surface area contributed by atoms with E-state index in [1.54, 1.807) is 29.6 Å². The first-order valence-electron chi connectivity index (χ1n) is 11.6. The van der Waals surface area contributed by atoms with Crippen LogP contribution in [0.3, 0.4) is 0 Å². The van der Waals surface area contributed by atoms with E-state index in [2.05, 4.69) is 47.6 Å². The Bertz CT molecular complexity index is 986. The number of hydrogen-bond donors (Lipinski definition) is 1. The van der Waals surface area contributed by atoms with Crippen molar-refractivity contribution in [3.63, 3.8) is 0 Å². The minimum Gasteiger partial charge on any atom is -0.472 e. The van der Waals surface area contributed by atoms with Gasteiger partial charge in [-0.05, 0) is 44.2 Å². The number of carbonyl (C=O) groups excluding carboxylic acids is 1. The molecule has 7 nitrogen and oxygen atoms in total. The summed E-state index contributed by atoms with van der Waals surface area (Å²) >= 11 is 0. The van der Waals surface area contributed by atoms with Gasteiger partial charge in [0.2, 0.25) is 5.88 Å². The van der Waals surface area contributed by atoms with Crippen molar-refractivity contribution in [3.8, 4) is 17.7 Å². The first kappa shape index (κ1) is 24.7. The second kappa shape index (κ2) is 11.8. The fraction of sp³-hybridized carbons (Fsp3) is 0.500. The quantitative estimate of drug-likeness (QED) is 0.654. The van der Waals surface area contributed by atoms with Crippen LogP contribution in [0, 0.1) is 17.8 Å². The summed E-state index contributed by atoms with van der Waals surface area (Å²) in [5.41, 5.74) is 2.26. The number of fused-ring (bicyclic) bond motifs is 1. The minimum atomic E-state index is -0.309. The van der Waals surface area contributed by atoms with Crippen LogP contribution in [0.1, 0.15) is 55.1 Å². The van der Waals surface area contributed by atoms with Gasteiger partial charge in [0, 0.05) is 56.1 Å². The van der Waals surface area contributed by atoms with Crippen LogP contribution in [0.2, 0.25) is 0 Å². The molecule has 7 heteroatoms. The van der Waals surface area contributed by atoms with E-state index in [0.29, 0.717) is 30.1 Å². The van der Waals surface area contributed by atoms with Crippen LogP contribution in [0.15, 0.2) is 36.8 Å². The van der Waals surface area contributed by atoms with E-state index < -0.39 is 0 Å². The van der Waals surface area contributed by atoms with Crippen LogP contribution in [0.5, 0.6) is 5.88 Å². The molecule has 176 valence electrons. The molecule has 0 aromatic carbocycles. The van der Waals surface area contributed by atoms with Gasteiger partial charge in [-0.1, -0.05) is 25.7 Å². The molecule has 3 rings (SSSR count). The van der Waals surface area contributed by atoms with Crippen molar-refractivity contribution in [2.75, 3.05) is 26.7 Å². The van der Waals surface area contributed by atoms with E-state index in [-0.39, 0.29) is 30.6 Å². The highest BCUT2D eigenvalue weighted by Crippen LogP contribution is 2.27. The molecular formula is C26H34N4O3. The largest absolute Gasteiger partial charge is 0.472 e. The number of carbonyl (C=O) groups is 1. The third-order valence-electron chi connectivity index (χ3n) is 5.82. The topological polar surface area (TPSA) is 78.8 Å². The molecule has 0 fully saturated rings. The molecule has 0 saturated carbocycles.